The van der Waals surface area contributed by atoms with Gasteiger partial charge in [-0.25, -0.2) is 14.4 Å². The first-order valence-electron chi connectivity index (χ1n) is 13.1. The van der Waals surface area contributed by atoms with E-state index in [2.05, 4.69) is 32.1 Å². The number of anilines is 2. The maximum Gasteiger partial charge on any atom is 0.209 e. The van der Waals surface area contributed by atoms with Crippen molar-refractivity contribution in [3.05, 3.63) is 47.5 Å². The molecule has 2 aromatic carbocycles. The first-order chi connectivity index (χ1) is 18.9. The molecule has 0 saturated carbocycles. The second-order valence-electron chi connectivity index (χ2n) is 9.90. The largest absolute Gasteiger partial charge is 0.493 e. The second-order valence-corrected chi connectivity index (χ2v) is 10.3. The number of likely N-dealkylation sites (N-methyl/N-ethyl adjacent to an activating group) is 2. The summed E-state index contributed by atoms with van der Waals surface area (Å²) < 4.78 is 25.7. The zero-order valence-corrected chi connectivity index (χ0v) is 23.5. The summed E-state index contributed by atoms with van der Waals surface area (Å²) in [6, 6.07) is 8.17. The lowest BCUT2D eigenvalue weighted by Crippen LogP contribution is -2.39. The standard InChI is InChI=1S/C28H36ClFN6O3/c1-34(13-14-35(2)19-37)9-4-10-36-11-7-21(8-12-36)39-27-16-22-25(17-26(27)38-3)31-18-32-28(22)33-20-5-6-24(30)23(29)15-20/h5-6,15-19,21H,4,7-14H2,1-3H3,(H,31,32,33). The van der Waals surface area contributed by atoms with E-state index in [1.165, 1.54) is 18.5 Å². The average Bonchev–Trinajstić information content (AvgIpc) is 2.94. The number of benzene rings is 2. The van der Waals surface area contributed by atoms with Gasteiger partial charge in [0.25, 0.3) is 0 Å². The van der Waals surface area contributed by atoms with Crippen LogP contribution in [0.25, 0.3) is 10.9 Å². The Morgan fingerprint density at radius 2 is 1.92 bits per heavy atom. The average molecular weight is 559 g/mol. The number of likely N-dealkylation sites (tertiary alicyclic amines) is 1. The molecule has 1 amide bonds. The zero-order chi connectivity index (χ0) is 27.8. The van der Waals surface area contributed by atoms with Gasteiger partial charge in [-0.15, -0.1) is 0 Å². The van der Waals surface area contributed by atoms with Crippen LogP contribution in [0.15, 0.2) is 36.7 Å². The number of nitrogens with one attached hydrogen (secondary N) is 1. The summed E-state index contributed by atoms with van der Waals surface area (Å²) in [6.45, 7) is 5.60. The van der Waals surface area contributed by atoms with Gasteiger partial charge in [0.1, 0.15) is 24.1 Å². The molecule has 0 atom stereocenters. The highest BCUT2D eigenvalue weighted by Gasteiger charge is 2.22. The van der Waals surface area contributed by atoms with Crippen molar-refractivity contribution >= 4 is 40.4 Å². The van der Waals surface area contributed by atoms with Crippen LogP contribution in [0, 0.1) is 5.82 Å². The highest BCUT2D eigenvalue weighted by molar-refractivity contribution is 6.31. The van der Waals surface area contributed by atoms with Crippen molar-refractivity contribution in [2.75, 3.05) is 65.8 Å². The van der Waals surface area contributed by atoms with Crippen molar-refractivity contribution < 1.29 is 18.7 Å². The SMILES string of the molecule is COc1cc2ncnc(Nc3ccc(F)c(Cl)c3)c2cc1OC1CCN(CCCN(C)CCN(C)C=O)CC1. The van der Waals surface area contributed by atoms with Crippen LogP contribution < -0.4 is 14.8 Å². The molecule has 0 aliphatic carbocycles. The highest BCUT2D eigenvalue weighted by atomic mass is 35.5. The lowest BCUT2D eigenvalue weighted by molar-refractivity contribution is -0.117. The normalized spacial score (nSPS) is 14.5. The van der Waals surface area contributed by atoms with Gasteiger partial charge in [0.15, 0.2) is 11.5 Å². The van der Waals surface area contributed by atoms with Gasteiger partial charge in [-0.1, -0.05) is 11.6 Å². The van der Waals surface area contributed by atoms with E-state index in [0.717, 1.165) is 70.3 Å². The van der Waals surface area contributed by atoms with Gasteiger partial charge in [-0.3, -0.25) is 4.79 Å². The van der Waals surface area contributed by atoms with Gasteiger partial charge in [0, 0.05) is 50.4 Å². The summed E-state index contributed by atoms with van der Waals surface area (Å²) >= 11 is 5.95. The Balaban J connectivity index is 1.35. The Morgan fingerprint density at radius 1 is 1.13 bits per heavy atom. The van der Waals surface area contributed by atoms with Gasteiger partial charge in [-0.05, 0) is 63.7 Å². The number of carbonyl (C=O) groups is 1. The Bertz CT molecular complexity index is 1260. The molecule has 1 saturated heterocycles. The number of fused-ring (bicyclic) bond motifs is 1. The van der Waals surface area contributed by atoms with Crippen molar-refractivity contribution in [1.82, 2.24) is 24.7 Å². The van der Waals surface area contributed by atoms with E-state index in [-0.39, 0.29) is 11.1 Å². The predicted molar refractivity (Wildman–Crippen MR) is 152 cm³/mol. The molecule has 1 aromatic heterocycles. The number of ether oxygens (including phenoxy) is 2. The minimum absolute atomic E-state index is 0.0323. The van der Waals surface area contributed by atoms with Crippen molar-refractivity contribution in [1.29, 1.82) is 0 Å². The molecule has 39 heavy (non-hydrogen) atoms. The lowest BCUT2D eigenvalue weighted by Gasteiger charge is -2.32. The fourth-order valence-electron chi connectivity index (χ4n) is 4.61. The van der Waals surface area contributed by atoms with E-state index in [1.807, 2.05) is 12.1 Å². The number of carbonyl (C=O) groups excluding carboxylic acids is 1. The zero-order valence-electron chi connectivity index (χ0n) is 22.7. The summed E-state index contributed by atoms with van der Waals surface area (Å²) in [5.41, 5.74) is 1.31. The molecular formula is C28H36ClFN6O3. The van der Waals surface area contributed by atoms with Crippen molar-refractivity contribution in [2.24, 2.45) is 0 Å². The minimum Gasteiger partial charge on any atom is -0.493 e. The number of piperidine rings is 1. The Labute approximate surface area is 233 Å². The number of halogens is 2. The fraction of sp³-hybridized carbons (Fsp3) is 0.464. The minimum atomic E-state index is -0.479. The van der Waals surface area contributed by atoms with Gasteiger partial charge < -0.3 is 29.5 Å². The number of hydrogen-bond acceptors (Lipinski definition) is 8. The molecule has 3 aromatic rings. The van der Waals surface area contributed by atoms with Crippen LogP contribution >= 0.6 is 11.6 Å². The molecule has 9 nitrogen and oxygen atoms in total. The third-order valence-electron chi connectivity index (χ3n) is 6.96. The molecule has 0 unspecified atom stereocenters. The summed E-state index contributed by atoms with van der Waals surface area (Å²) in [7, 11) is 5.51. The quantitative estimate of drug-likeness (QED) is 0.309. The number of amides is 1. The van der Waals surface area contributed by atoms with Crippen LogP contribution in [0.4, 0.5) is 15.9 Å². The molecule has 1 aliphatic rings. The summed E-state index contributed by atoms with van der Waals surface area (Å²) in [4.78, 5) is 25.9. The third-order valence-corrected chi connectivity index (χ3v) is 7.25. The van der Waals surface area contributed by atoms with E-state index >= 15 is 0 Å². The molecule has 0 bridgehead atoms. The van der Waals surface area contributed by atoms with Gasteiger partial charge in [-0.2, -0.15) is 0 Å². The van der Waals surface area contributed by atoms with E-state index in [0.29, 0.717) is 28.5 Å². The number of rotatable bonds is 13. The van der Waals surface area contributed by atoms with Crippen molar-refractivity contribution in [3.8, 4) is 11.5 Å². The Hall–Kier alpha value is -3.21. The highest BCUT2D eigenvalue weighted by Crippen LogP contribution is 2.36. The number of aromatic nitrogens is 2. The molecule has 0 radical (unpaired) electrons. The fourth-order valence-corrected chi connectivity index (χ4v) is 4.79. The molecule has 0 spiro atoms. The van der Waals surface area contributed by atoms with E-state index in [4.69, 9.17) is 21.1 Å². The number of nitrogens with zero attached hydrogens (tertiary/aromatic N) is 5. The summed E-state index contributed by atoms with van der Waals surface area (Å²) in [5.74, 6) is 1.34. The summed E-state index contributed by atoms with van der Waals surface area (Å²) in [5, 5.41) is 4.00. The van der Waals surface area contributed by atoms with Gasteiger partial charge in [0.05, 0.1) is 17.6 Å². The maximum atomic E-state index is 13.6. The van der Waals surface area contributed by atoms with Crippen LogP contribution in [-0.4, -0.2) is 97.7 Å². The Kier molecular flexibility index (Phi) is 10.1. The first kappa shape index (κ1) is 28.8. The second kappa shape index (κ2) is 13.7. The van der Waals surface area contributed by atoms with Crippen LogP contribution in [0.2, 0.25) is 5.02 Å². The third kappa shape index (κ3) is 7.90. The van der Waals surface area contributed by atoms with Crippen molar-refractivity contribution in [2.45, 2.75) is 25.4 Å². The van der Waals surface area contributed by atoms with Crippen LogP contribution in [-0.2, 0) is 4.79 Å². The maximum absolute atomic E-state index is 13.6. The molecule has 1 aliphatic heterocycles. The van der Waals surface area contributed by atoms with Crippen LogP contribution in [0.5, 0.6) is 11.5 Å². The van der Waals surface area contributed by atoms with E-state index in [9.17, 15) is 9.18 Å². The molecule has 2 heterocycles. The molecular weight excluding hydrogens is 523 g/mol. The van der Waals surface area contributed by atoms with Crippen molar-refractivity contribution in [3.63, 3.8) is 0 Å². The topological polar surface area (TPSA) is 83.1 Å². The first-order valence-corrected chi connectivity index (χ1v) is 13.5. The van der Waals surface area contributed by atoms with Gasteiger partial charge >= 0.3 is 0 Å². The lowest BCUT2D eigenvalue weighted by atomic mass is 10.1. The predicted octanol–water partition coefficient (Wildman–Crippen LogP) is 4.43. The summed E-state index contributed by atoms with van der Waals surface area (Å²) in [6.07, 6.45) is 5.33. The van der Waals surface area contributed by atoms with Crippen LogP contribution in [0.3, 0.4) is 0 Å². The monoisotopic (exact) mass is 558 g/mol. The molecule has 11 heteroatoms. The van der Waals surface area contributed by atoms with Gasteiger partial charge in [0.2, 0.25) is 6.41 Å². The number of methoxy groups -OCH3 is 1. The molecule has 1 N–H and O–H groups in total. The van der Waals surface area contributed by atoms with E-state index < -0.39 is 5.82 Å². The molecule has 1 fully saturated rings. The Morgan fingerprint density at radius 3 is 2.64 bits per heavy atom. The van der Waals surface area contributed by atoms with E-state index in [1.54, 1.807) is 25.1 Å². The molecule has 4 rings (SSSR count). The number of hydrogen-bond donors (Lipinski definition) is 1. The smallest absolute Gasteiger partial charge is 0.209 e. The molecule has 210 valence electrons. The van der Waals surface area contributed by atoms with Crippen LogP contribution in [0.1, 0.15) is 19.3 Å².